The summed E-state index contributed by atoms with van der Waals surface area (Å²) < 4.78 is 1.82. The molecule has 1 heterocycles. The highest BCUT2D eigenvalue weighted by atomic mass is 16.2. The molecule has 1 N–H and O–H groups in total. The third-order valence-corrected chi connectivity index (χ3v) is 1.74. The van der Waals surface area contributed by atoms with Crippen molar-refractivity contribution in [3.05, 3.63) is 30.1 Å². The summed E-state index contributed by atoms with van der Waals surface area (Å²) in [5.74, 6) is 0.139. The van der Waals surface area contributed by atoms with Crippen LogP contribution in [0.4, 0.5) is 0 Å². The molecular formula is C11H16N3O+. The van der Waals surface area contributed by atoms with E-state index in [0.29, 0.717) is 11.5 Å². The molecule has 0 unspecified atom stereocenters. The summed E-state index contributed by atoms with van der Waals surface area (Å²) in [6.45, 7) is 4.00. The van der Waals surface area contributed by atoms with Crippen LogP contribution < -0.4 is 9.99 Å². The van der Waals surface area contributed by atoms with Crippen molar-refractivity contribution in [2.45, 2.75) is 13.8 Å². The van der Waals surface area contributed by atoms with Gasteiger partial charge in [0.1, 0.15) is 12.6 Å². The van der Waals surface area contributed by atoms with Gasteiger partial charge < -0.3 is 0 Å². The molecule has 0 aliphatic rings. The van der Waals surface area contributed by atoms with Gasteiger partial charge in [0.15, 0.2) is 12.4 Å². The molecule has 1 aromatic rings. The summed E-state index contributed by atoms with van der Waals surface area (Å²) in [7, 11) is 1.87. The van der Waals surface area contributed by atoms with Crippen LogP contribution in [0, 0.1) is 5.92 Å². The van der Waals surface area contributed by atoms with Gasteiger partial charge in [-0.15, -0.1) is 0 Å². The van der Waals surface area contributed by atoms with E-state index in [1.54, 1.807) is 18.5 Å². The number of pyridine rings is 1. The van der Waals surface area contributed by atoms with E-state index in [9.17, 15) is 4.79 Å². The lowest BCUT2D eigenvalue weighted by atomic mass is 10.2. The molecule has 0 radical (unpaired) electrons. The van der Waals surface area contributed by atoms with E-state index in [1.807, 2.05) is 37.7 Å². The number of carbonyl (C=O) groups is 1. The Morgan fingerprint density at radius 3 is 2.93 bits per heavy atom. The van der Waals surface area contributed by atoms with E-state index >= 15 is 0 Å². The molecule has 0 spiro atoms. The van der Waals surface area contributed by atoms with Crippen molar-refractivity contribution in [3.63, 3.8) is 0 Å². The van der Waals surface area contributed by atoms with Crippen LogP contribution in [0.5, 0.6) is 0 Å². The van der Waals surface area contributed by atoms with Gasteiger partial charge in [0.25, 0.3) is 5.91 Å². The molecule has 0 saturated carbocycles. The molecule has 1 rings (SSSR count). The van der Waals surface area contributed by atoms with E-state index in [1.165, 1.54) is 0 Å². The maximum Gasteiger partial charge on any atom is 0.277 e. The van der Waals surface area contributed by atoms with Crippen molar-refractivity contribution in [1.82, 2.24) is 5.43 Å². The number of amides is 1. The second-order valence-electron chi connectivity index (χ2n) is 3.72. The summed E-state index contributed by atoms with van der Waals surface area (Å²) in [4.78, 5) is 11.5. The normalized spacial score (nSPS) is 10.9. The number of carbonyl (C=O) groups excluding carboxylic acids is 1. The fraction of sp³-hybridized carbons (Fsp3) is 0.364. The van der Waals surface area contributed by atoms with Crippen LogP contribution in [-0.4, -0.2) is 12.1 Å². The van der Waals surface area contributed by atoms with Crippen molar-refractivity contribution in [3.8, 4) is 0 Å². The quantitative estimate of drug-likeness (QED) is 0.445. The second kappa shape index (κ2) is 5.24. The number of nitrogens with zero attached hydrogens (tertiary/aromatic N) is 2. The minimum Gasteiger partial charge on any atom is -0.267 e. The van der Waals surface area contributed by atoms with Crippen LogP contribution in [0.25, 0.3) is 0 Å². The Morgan fingerprint density at radius 1 is 1.60 bits per heavy atom. The summed E-state index contributed by atoms with van der Waals surface area (Å²) in [5.41, 5.74) is 3.07. The van der Waals surface area contributed by atoms with E-state index in [2.05, 4.69) is 10.5 Å². The molecule has 0 saturated heterocycles. The van der Waals surface area contributed by atoms with E-state index in [4.69, 9.17) is 0 Å². The number of nitrogens with one attached hydrogen (secondary N) is 1. The highest BCUT2D eigenvalue weighted by Crippen LogP contribution is 1.93. The SMILES string of the molecule is CC(C)/C=N/NC(=O)c1ccc[n+](C)c1. The molecule has 0 fully saturated rings. The van der Waals surface area contributed by atoms with Gasteiger partial charge in [0.2, 0.25) is 0 Å². The maximum absolute atomic E-state index is 11.5. The van der Waals surface area contributed by atoms with Gasteiger partial charge in [-0.3, -0.25) is 4.79 Å². The number of hydrogen-bond acceptors (Lipinski definition) is 2. The lowest BCUT2D eigenvalue weighted by Crippen LogP contribution is -2.29. The van der Waals surface area contributed by atoms with Crippen LogP contribution in [0.1, 0.15) is 24.2 Å². The lowest BCUT2D eigenvalue weighted by molar-refractivity contribution is -0.671. The van der Waals surface area contributed by atoms with Crippen LogP contribution in [0.2, 0.25) is 0 Å². The van der Waals surface area contributed by atoms with Gasteiger partial charge in [0.05, 0.1) is 0 Å². The van der Waals surface area contributed by atoms with E-state index in [0.717, 1.165) is 0 Å². The lowest BCUT2D eigenvalue weighted by Gasteiger charge is -1.98. The average Bonchev–Trinajstić information content (AvgIpc) is 2.17. The van der Waals surface area contributed by atoms with Crippen molar-refractivity contribution >= 4 is 12.1 Å². The summed E-state index contributed by atoms with van der Waals surface area (Å²) in [6.07, 6.45) is 5.31. The van der Waals surface area contributed by atoms with Crippen LogP contribution in [0.3, 0.4) is 0 Å². The second-order valence-corrected chi connectivity index (χ2v) is 3.72. The average molecular weight is 206 g/mol. The van der Waals surface area contributed by atoms with Gasteiger partial charge in [-0.2, -0.15) is 5.10 Å². The zero-order valence-electron chi connectivity index (χ0n) is 9.27. The first-order valence-corrected chi connectivity index (χ1v) is 4.88. The number of rotatable bonds is 3. The van der Waals surface area contributed by atoms with Gasteiger partial charge in [-0.05, 0) is 12.0 Å². The van der Waals surface area contributed by atoms with Gasteiger partial charge in [-0.1, -0.05) is 13.8 Å². The summed E-state index contributed by atoms with van der Waals surface area (Å²) in [6, 6.07) is 3.57. The molecule has 0 atom stereocenters. The predicted molar refractivity (Wildman–Crippen MR) is 58.4 cm³/mol. The Bertz CT molecular complexity index is 372. The molecule has 0 bridgehead atoms. The van der Waals surface area contributed by atoms with Crippen molar-refractivity contribution in [1.29, 1.82) is 0 Å². The highest BCUT2D eigenvalue weighted by Gasteiger charge is 2.07. The number of aryl methyl sites for hydroxylation is 1. The van der Waals surface area contributed by atoms with Gasteiger partial charge in [-0.25, -0.2) is 9.99 Å². The Labute approximate surface area is 89.6 Å². The topological polar surface area (TPSA) is 45.3 Å². The van der Waals surface area contributed by atoms with Crippen LogP contribution in [-0.2, 0) is 7.05 Å². The Morgan fingerprint density at radius 2 is 2.33 bits per heavy atom. The monoisotopic (exact) mass is 206 g/mol. The molecule has 0 aliphatic heterocycles. The first kappa shape index (κ1) is 11.4. The molecule has 1 amide bonds. The third-order valence-electron chi connectivity index (χ3n) is 1.74. The summed E-state index contributed by atoms with van der Waals surface area (Å²) >= 11 is 0. The number of hydrazone groups is 1. The molecule has 0 aromatic carbocycles. The van der Waals surface area contributed by atoms with Crippen molar-refractivity contribution < 1.29 is 9.36 Å². The van der Waals surface area contributed by atoms with E-state index < -0.39 is 0 Å². The Hall–Kier alpha value is -1.71. The van der Waals surface area contributed by atoms with Crippen molar-refractivity contribution in [2.75, 3.05) is 0 Å². The highest BCUT2D eigenvalue weighted by molar-refractivity contribution is 5.93. The maximum atomic E-state index is 11.5. The Kier molecular flexibility index (Phi) is 3.97. The van der Waals surface area contributed by atoms with E-state index in [-0.39, 0.29) is 5.91 Å². The van der Waals surface area contributed by atoms with Crippen LogP contribution >= 0.6 is 0 Å². The molecule has 0 aliphatic carbocycles. The van der Waals surface area contributed by atoms with Crippen LogP contribution in [0.15, 0.2) is 29.6 Å². The largest absolute Gasteiger partial charge is 0.277 e. The Balaban J connectivity index is 2.62. The first-order chi connectivity index (χ1) is 7.09. The fourth-order valence-electron chi connectivity index (χ4n) is 1.03. The fourth-order valence-corrected chi connectivity index (χ4v) is 1.03. The zero-order chi connectivity index (χ0) is 11.3. The van der Waals surface area contributed by atoms with Gasteiger partial charge in [0, 0.05) is 12.3 Å². The van der Waals surface area contributed by atoms with Crippen molar-refractivity contribution in [2.24, 2.45) is 18.1 Å². The molecule has 80 valence electrons. The minimum absolute atomic E-state index is 0.192. The number of hydrogen-bond donors (Lipinski definition) is 1. The third kappa shape index (κ3) is 3.89. The standard InChI is InChI=1S/C11H15N3O/c1-9(2)7-12-13-11(15)10-5-4-6-14(3)8-10/h4-9H,1-3H3/p+1/b12-7+. The molecule has 4 nitrogen and oxygen atoms in total. The summed E-state index contributed by atoms with van der Waals surface area (Å²) in [5, 5.41) is 3.84. The zero-order valence-corrected chi connectivity index (χ0v) is 9.27. The molecule has 4 heteroatoms. The molecular weight excluding hydrogens is 190 g/mol. The first-order valence-electron chi connectivity index (χ1n) is 4.88. The predicted octanol–water partition coefficient (Wildman–Crippen LogP) is 0.883. The minimum atomic E-state index is -0.192. The molecule has 15 heavy (non-hydrogen) atoms. The smallest absolute Gasteiger partial charge is 0.267 e. The number of aromatic nitrogens is 1. The molecule has 1 aromatic heterocycles. The van der Waals surface area contributed by atoms with Gasteiger partial charge >= 0.3 is 0 Å².